The van der Waals surface area contributed by atoms with Crippen LogP contribution in [0.15, 0.2) is 48.5 Å². The van der Waals surface area contributed by atoms with E-state index >= 15 is 0 Å². The second-order valence-corrected chi connectivity index (χ2v) is 9.63. The van der Waals surface area contributed by atoms with E-state index in [1.54, 1.807) is 0 Å². The summed E-state index contributed by atoms with van der Waals surface area (Å²) in [5.41, 5.74) is 4.62. The van der Waals surface area contributed by atoms with Crippen LogP contribution in [0.4, 0.5) is 4.79 Å². The molecule has 0 aliphatic heterocycles. The van der Waals surface area contributed by atoms with Gasteiger partial charge in [0.15, 0.2) is 0 Å². The van der Waals surface area contributed by atoms with Gasteiger partial charge in [-0.05, 0) is 53.9 Å². The molecule has 2 aromatic carbocycles. The van der Waals surface area contributed by atoms with Crippen molar-refractivity contribution in [3.05, 3.63) is 59.7 Å². The molecular formula is C27H30N2O5. The van der Waals surface area contributed by atoms with Gasteiger partial charge in [0, 0.05) is 12.0 Å². The Hall–Kier alpha value is -3.35. The van der Waals surface area contributed by atoms with Gasteiger partial charge in [-0.25, -0.2) is 9.59 Å². The molecule has 7 nitrogen and oxygen atoms in total. The van der Waals surface area contributed by atoms with Crippen LogP contribution < -0.4 is 10.6 Å². The van der Waals surface area contributed by atoms with Crippen molar-refractivity contribution >= 4 is 18.0 Å². The summed E-state index contributed by atoms with van der Waals surface area (Å²) in [6, 6.07) is 15.1. The fourth-order valence-electron chi connectivity index (χ4n) is 5.65. The average Bonchev–Trinajstić information content (AvgIpc) is 3.38. The summed E-state index contributed by atoms with van der Waals surface area (Å²) in [7, 11) is 0. The predicted octanol–water partition coefficient (Wildman–Crippen LogP) is 4.06. The summed E-state index contributed by atoms with van der Waals surface area (Å²) in [6.07, 6.45) is 4.20. The van der Waals surface area contributed by atoms with Crippen molar-refractivity contribution in [2.75, 3.05) is 6.61 Å². The fourth-order valence-corrected chi connectivity index (χ4v) is 5.65. The van der Waals surface area contributed by atoms with E-state index in [1.165, 1.54) is 11.1 Å². The average molecular weight is 463 g/mol. The molecule has 178 valence electrons. The molecule has 2 aromatic rings. The summed E-state index contributed by atoms with van der Waals surface area (Å²) in [5.74, 6) is -1.75. The van der Waals surface area contributed by atoms with Crippen LogP contribution in [-0.4, -0.2) is 41.8 Å². The molecule has 3 N–H and O–H groups in total. The third-order valence-electron chi connectivity index (χ3n) is 7.68. The molecule has 1 unspecified atom stereocenters. The lowest BCUT2D eigenvalue weighted by atomic mass is 9.79. The van der Waals surface area contributed by atoms with Crippen LogP contribution in [0, 0.1) is 11.8 Å². The Morgan fingerprint density at radius 3 is 2.12 bits per heavy atom. The van der Waals surface area contributed by atoms with Gasteiger partial charge in [-0.2, -0.15) is 0 Å². The van der Waals surface area contributed by atoms with Gasteiger partial charge in [0.1, 0.15) is 12.6 Å². The minimum atomic E-state index is -0.989. The largest absolute Gasteiger partial charge is 0.480 e. The van der Waals surface area contributed by atoms with Crippen LogP contribution >= 0.6 is 0 Å². The van der Waals surface area contributed by atoms with Crippen LogP contribution in [0.25, 0.3) is 11.1 Å². The number of carboxylic acids is 1. The Bertz CT molecular complexity index is 1050. The molecule has 3 aliphatic rings. The van der Waals surface area contributed by atoms with E-state index in [1.807, 2.05) is 24.3 Å². The maximum atomic E-state index is 12.9. The van der Waals surface area contributed by atoms with Crippen molar-refractivity contribution in [3.8, 4) is 11.1 Å². The number of amides is 2. The highest BCUT2D eigenvalue weighted by atomic mass is 16.5. The zero-order valence-electron chi connectivity index (χ0n) is 19.0. The molecule has 3 aliphatic carbocycles. The van der Waals surface area contributed by atoms with Gasteiger partial charge in [0.05, 0.1) is 5.92 Å². The molecule has 3 atom stereocenters. The van der Waals surface area contributed by atoms with Crippen molar-refractivity contribution in [1.29, 1.82) is 0 Å². The zero-order chi connectivity index (χ0) is 23.7. The van der Waals surface area contributed by atoms with Gasteiger partial charge in [-0.3, -0.25) is 4.79 Å². The highest BCUT2D eigenvalue weighted by molar-refractivity contribution is 5.86. The number of hydrogen-bond acceptors (Lipinski definition) is 4. The van der Waals surface area contributed by atoms with Gasteiger partial charge in [-0.1, -0.05) is 61.4 Å². The first kappa shape index (κ1) is 22.4. The fraction of sp³-hybridized carbons (Fsp3) is 0.444. The number of rotatable bonds is 7. The standard InChI is InChI=1S/C27H30N2O5/c30-25(29-24(26(31)32)16-7-5-8-16)21-13-6-14-23(21)28-27(33)34-15-22-19-11-3-1-9-17(19)18-10-2-4-12-20(18)22/h1-4,9-12,16,21-24H,5-8,13-15H2,(H,28,33)(H,29,30)(H,31,32)/t21-,23+,24?/m1/s1. The maximum Gasteiger partial charge on any atom is 0.407 e. The molecule has 7 heteroatoms. The highest BCUT2D eigenvalue weighted by Gasteiger charge is 2.39. The third kappa shape index (κ3) is 4.27. The Morgan fingerprint density at radius 1 is 0.912 bits per heavy atom. The van der Waals surface area contributed by atoms with Crippen molar-refractivity contribution in [2.45, 2.75) is 56.5 Å². The first-order valence-corrected chi connectivity index (χ1v) is 12.2. The topological polar surface area (TPSA) is 105 Å². The van der Waals surface area contributed by atoms with E-state index < -0.39 is 24.0 Å². The lowest BCUT2D eigenvalue weighted by molar-refractivity contribution is -0.145. The molecule has 0 spiro atoms. The molecular weight excluding hydrogens is 432 g/mol. The second-order valence-electron chi connectivity index (χ2n) is 9.63. The monoisotopic (exact) mass is 462 g/mol. The van der Waals surface area contributed by atoms with Gasteiger partial charge in [0.25, 0.3) is 0 Å². The number of ether oxygens (including phenoxy) is 1. The number of alkyl carbamates (subject to hydrolysis) is 1. The molecule has 0 radical (unpaired) electrons. The number of hydrogen-bond donors (Lipinski definition) is 3. The van der Waals surface area contributed by atoms with E-state index in [2.05, 4.69) is 34.9 Å². The molecule has 0 saturated heterocycles. The minimum Gasteiger partial charge on any atom is -0.480 e. The predicted molar refractivity (Wildman–Crippen MR) is 126 cm³/mol. The summed E-state index contributed by atoms with van der Waals surface area (Å²) < 4.78 is 5.64. The number of aliphatic carboxylic acids is 1. The molecule has 2 saturated carbocycles. The Balaban J connectivity index is 1.19. The lowest BCUT2D eigenvalue weighted by Crippen LogP contribution is -2.52. The van der Waals surface area contributed by atoms with E-state index in [4.69, 9.17) is 4.74 Å². The summed E-state index contributed by atoms with van der Waals surface area (Å²) >= 11 is 0. The maximum absolute atomic E-state index is 12.9. The molecule has 0 aromatic heterocycles. The molecule has 5 rings (SSSR count). The third-order valence-corrected chi connectivity index (χ3v) is 7.68. The number of carbonyl (C=O) groups excluding carboxylic acids is 2. The molecule has 0 bridgehead atoms. The lowest BCUT2D eigenvalue weighted by Gasteiger charge is -2.32. The van der Waals surface area contributed by atoms with Gasteiger partial charge in [-0.15, -0.1) is 0 Å². The van der Waals surface area contributed by atoms with Crippen LogP contribution in [0.2, 0.25) is 0 Å². The van der Waals surface area contributed by atoms with Crippen molar-refractivity contribution in [1.82, 2.24) is 10.6 Å². The summed E-state index contributed by atoms with van der Waals surface area (Å²) in [5, 5.41) is 15.1. The zero-order valence-corrected chi connectivity index (χ0v) is 19.0. The van der Waals surface area contributed by atoms with Crippen molar-refractivity contribution < 1.29 is 24.2 Å². The quantitative estimate of drug-likeness (QED) is 0.576. The Kier molecular flexibility index (Phi) is 6.26. The van der Waals surface area contributed by atoms with E-state index in [0.29, 0.717) is 12.8 Å². The van der Waals surface area contributed by atoms with Crippen LogP contribution in [0.3, 0.4) is 0 Å². The van der Waals surface area contributed by atoms with E-state index in [0.717, 1.165) is 36.8 Å². The second kappa shape index (κ2) is 9.49. The van der Waals surface area contributed by atoms with E-state index in [9.17, 15) is 19.5 Å². The summed E-state index contributed by atoms with van der Waals surface area (Å²) in [4.78, 5) is 37.2. The number of fused-ring (bicyclic) bond motifs is 3. The Labute approximate surface area is 198 Å². The number of carbonyl (C=O) groups is 3. The SMILES string of the molecule is O=C(N[C@H]1CCC[C@H]1C(=O)NC(C(=O)O)C1CCC1)OCC1c2ccccc2-c2ccccc21. The van der Waals surface area contributed by atoms with Gasteiger partial charge in [0.2, 0.25) is 5.91 Å². The molecule has 2 fully saturated rings. The molecule has 34 heavy (non-hydrogen) atoms. The van der Waals surface area contributed by atoms with Gasteiger partial charge < -0.3 is 20.5 Å². The van der Waals surface area contributed by atoms with Crippen LogP contribution in [0.1, 0.15) is 55.6 Å². The van der Waals surface area contributed by atoms with Crippen molar-refractivity contribution in [3.63, 3.8) is 0 Å². The molecule has 0 heterocycles. The number of benzene rings is 2. The highest BCUT2D eigenvalue weighted by Crippen LogP contribution is 2.44. The molecule has 2 amide bonds. The normalized spacial score (nSPS) is 22.2. The number of carboxylic acid groups (broad SMARTS) is 1. The van der Waals surface area contributed by atoms with Crippen LogP contribution in [-0.2, 0) is 14.3 Å². The van der Waals surface area contributed by atoms with Gasteiger partial charge >= 0.3 is 12.1 Å². The Morgan fingerprint density at radius 2 is 1.53 bits per heavy atom. The van der Waals surface area contributed by atoms with Crippen LogP contribution in [0.5, 0.6) is 0 Å². The smallest absolute Gasteiger partial charge is 0.407 e. The van der Waals surface area contributed by atoms with E-state index in [-0.39, 0.29) is 30.4 Å². The summed E-state index contributed by atoms with van der Waals surface area (Å²) in [6.45, 7) is 0.214. The minimum absolute atomic E-state index is 0.00334. The first-order chi connectivity index (χ1) is 16.5. The number of nitrogens with one attached hydrogen (secondary N) is 2. The first-order valence-electron chi connectivity index (χ1n) is 12.2. The van der Waals surface area contributed by atoms with Crippen molar-refractivity contribution in [2.24, 2.45) is 11.8 Å².